The van der Waals surface area contributed by atoms with Crippen LogP contribution in [0.1, 0.15) is 0 Å². The Hall–Kier alpha value is 1.10. The summed E-state index contributed by atoms with van der Waals surface area (Å²) < 4.78 is 6.59. The maximum atomic E-state index is 5.41. The molecule has 0 saturated carbocycles. The van der Waals surface area contributed by atoms with Crippen molar-refractivity contribution in [3.05, 3.63) is 0 Å². The Bertz CT molecular complexity index is 63.4. The first-order valence-electron chi connectivity index (χ1n) is 2.71. The molecular weight excluding hydrogens is 236 g/mol. The van der Waals surface area contributed by atoms with Gasteiger partial charge in [0.1, 0.15) is 0 Å². The van der Waals surface area contributed by atoms with Crippen molar-refractivity contribution in [1.29, 1.82) is 0 Å². The zero-order valence-electron chi connectivity index (χ0n) is 4.63. The molecule has 0 aromatic rings. The Morgan fingerprint density at radius 1 is 1.75 bits per heavy atom. The van der Waals surface area contributed by atoms with Crippen LogP contribution in [0, 0.1) is 0 Å². The Morgan fingerprint density at radius 3 is 3.00 bits per heavy atom. The van der Waals surface area contributed by atoms with Gasteiger partial charge in [-0.05, 0) is 0 Å². The summed E-state index contributed by atoms with van der Waals surface area (Å²) in [5.74, 6) is 2.40. The third-order valence-electron chi connectivity index (χ3n) is 1.07. The van der Waals surface area contributed by atoms with E-state index < -0.39 is 0 Å². The van der Waals surface area contributed by atoms with Crippen LogP contribution >= 0.6 is 11.8 Å². The third-order valence-corrected chi connectivity index (χ3v) is 3.19. The summed E-state index contributed by atoms with van der Waals surface area (Å²) >= 11 is 4.12. The molecule has 3 heteroatoms. The van der Waals surface area contributed by atoms with E-state index >= 15 is 0 Å². The van der Waals surface area contributed by atoms with Crippen molar-refractivity contribution < 1.29 is 4.74 Å². The van der Waals surface area contributed by atoms with Crippen molar-refractivity contribution >= 4 is 34.1 Å². The van der Waals surface area contributed by atoms with Crippen molar-refractivity contribution in [3.63, 3.8) is 0 Å². The molecule has 1 nitrogen and oxygen atoms in total. The fourth-order valence-corrected chi connectivity index (χ4v) is 2.57. The van der Waals surface area contributed by atoms with Gasteiger partial charge in [0.25, 0.3) is 0 Å². The van der Waals surface area contributed by atoms with E-state index in [2.05, 4.69) is 22.3 Å². The SMILES string of the molecule is [Te]CC1CSCCO1. The molecule has 0 amide bonds. The van der Waals surface area contributed by atoms with Crippen LogP contribution in [-0.4, -0.2) is 46.5 Å². The predicted molar refractivity (Wildman–Crippen MR) is 37.6 cm³/mol. The second kappa shape index (κ2) is 4.00. The minimum atomic E-state index is 0.554. The molecule has 1 heterocycles. The predicted octanol–water partition coefficient (Wildman–Crippen LogP) is 0.705. The molecule has 8 heavy (non-hydrogen) atoms. The molecular formula is C5H9OSTe. The second-order valence-corrected chi connectivity index (χ2v) is 3.84. The molecule has 0 aromatic heterocycles. The summed E-state index contributed by atoms with van der Waals surface area (Å²) in [6, 6.07) is 0. The molecule has 1 aliphatic heterocycles. The fourth-order valence-electron chi connectivity index (χ4n) is 0.633. The first kappa shape index (κ1) is 7.21. The van der Waals surface area contributed by atoms with E-state index in [4.69, 9.17) is 4.74 Å². The summed E-state index contributed by atoms with van der Waals surface area (Å²) in [6.45, 7) is 0.963. The molecule has 1 rings (SSSR count). The van der Waals surface area contributed by atoms with Gasteiger partial charge in [-0.1, -0.05) is 0 Å². The molecule has 0 aliphatic carbocycles. The topological polar surface area (TPSA) is 9.23 Å². The average molecular weight is 245 g/mol. The van der Waals surface area contributed by atoms with E-state index in [0.29, 0.717) is 6.10 Å². The molecule has 0 spiro atoms. The number of hydrogen-bond acceptors (Lipinski definition) is 2. The van der Waals surface area contributed by atoms with Crippen LogP contribution in [-0.2, 0) is 4.74 Å². The average Bonchev–Trinajstić information content (AvgIpc) is 1.90. The first-order valence-corrected chi connectivity index (χ1v) is 5.51. The van der Waals surface area contributed by atoms with Gasteiger partial charge in [-0.25, -0.2) is 0 Å². The van der Waals surface area contributed by atoms with Gasteiger partial charge in [0.2, 0.25) is 0 Å². The normalized spacial score (nSPS) is 30.4. The zero-order chi connectivity index (χ0) is 5.82. The van der Waals surface area contributed by atoms with Crippen LogP contribution in [0.3, 0.4) is 0 Å². The summed E-state index contributed by atoms with van der Waals surface area (Å²) in [5, 5.41) is 0. The number of ether oxygens (including phenoxy) is 1. The molecule has 1 aliphatic rings. The Balaban J connectivity index is 2.13. The van der Waals surface area contributed by atoms with E-state index in [9.17, 15) is 0 Å². The summed E-state index contributed by atoms with van der Waals surface area (Å²) in [4.78, 5) is 0. The van der Waals surface area contributed by atoms with Gasteiger partial charge in [-0.2, -0.15) is 0 Å². The monoisotopic (exact) mass is 247 g/mol. The van der Waals surface area contributed by atoms with Crippen molar-refractivity contribution in [2.45, 2.75) is 10.6 Å². The van der Waals surface area contributed by atoms with Crippen molar-refractivity contribution in [2.24, 2.45) is 0 Å². The molecule has 0 aromatic carbocycles. The second-order valence-electron chi connectivity index (χ2n) is 1.73. The van der Waals surface area contributed by atoms with E-state index in [1.165, 1.54) is 16.0 Å². The van der Waals surface area contributed by atoms with Gasteiger partial charge in [0.15, 0.2) is 0 Å². The molecule has 1 unspecified atom stereocenters. The van der Waals surface area contributed by atoms with E-state index in [1.54, 1.807) is 0 Å². The number of thioether (sulfide) groups is 1. The van der Waals surface area contributed by atoms with Gasteiger partial charge in [0.05, 0.1) is 0 Å². The molecule has 1 fully saturated rings. The van der Waals surface area contributed by atoms with Crippen LogP contribution < -0.4 is 0 Å². The third kappa shape index (κ3) is 2.14. The summed E-state index contributed by atoms with van der Waals surface area (Å²) in [7, 11) is 0. The van der Waals surface area contributed by atoms with E-state index in [1.807, 2.05) is 11.8 Å². The van der Waals surface area contributed by atoms with Crippen LogP contribution in [0.25, 0.3) is 0 Å². The maximum absolute atomic E-state index is 5.41. The Kier molecular flexibility index (Phi) is 3.61. The number of rotatable bonds is 1. The molecule has 1 atom stereocenters. The van der Waals surface area contributed by atoms with Gasteiger partial charge in [-0.3, -0.25) is 0 Å². The van der Waals surface area contributed by atoms with Crippen molar-refractivity contribution in [3.8, 4) is 0 Å². The van der Waals surface area contributed by atoms with Crippen LogP contribution in [0.4, 0.5) is 0 Å². The first-order chi connectivity index (χ1) is 3.93. The quantitative estimate of drug-likeness (QED) is 0.629. The van der Waals surface area contributed by atoms with Gasteiger partial charge in [0, 0.05) is 0 Å². The molecule has 1 saturated heterocycles. The fraction of sp³-hybridized carbons (Fsp3) is 1.00. The molecule has 47 valence electrons. The summed E-state index contributed by atoms with van der Waals surface area (Å²) in [5.41, 5.74) is 0. The molecule has 1 radical (unpaired) electrons. The van der Waals surface area contributed by atoms with E-state index in [-0.39, 0.29) is 0 Å². The van der Waals surface area contributed by atoms with Gasteiger partial charge in [-0.15, -0.1) is 0 Å². The minimum absolute atomic E-state index is 0.554. The van der Waals surface area contributed by atoms with Gasteiger partial charge < -0.3 is 0 Å². The van der Waals surface area contributed by atoms with Crippen LogP contribution in [0.15, 0.2) is 0 Å². The zero-order valence-corrected chi connectivity index (χ0v) is 7.78. The van der Waals surface area contributed by atoms with E-state index in [0.717, 1.165) is 6.61 Å². The number of hydrogen-bond donors (Lipinski definition) is 0. The standard InChI is InChI=1S/C5H9OSTe/c8-4-5-3-7-2-1-6-5/h5H,1-4H2. The molecule has 0 N–H and O–H groups in total. The van der Waals surface area contributed by atoms with Crippen molar-refractivity contribution in [1.82, 2.24) is 0 Å². The van der Waals surface area contributed by atoms with Crippen molar-refractivity contribution in [2.75, 3.05) is 18.1 Å². The summed E-state index contributed by atoms with van der Waals surface area (Å²) in [6.07, 6.45) is 0.554. The Morgan fingerprint density at radius 2 is 2.62 bits per heavy atom. The van der Waals surface area contributed by atoms with Crippen LogP contribution in [0.2, 0.25) is 4.47 Å². The van der Waals surface area contributed by atoms with Gasteiger partial charge >= 0.3 is 67.5 Å². The van der Waals surface area contributed by atoms with Crippen LogP contribution in [0.5, 0.6) is 0 Å². The molecule has 0 bridgehead atoms. The Labute approximate surface area is 67.5 Å².